The number of nitrogens with zero attached hydrogens (tertiary/aromatic N) is 2. The summed E-state index contributed by atoms with van der Waals surface area (Å²) in [5.41, 5.74) is -1.28. The van der Waals surface area contributed by atoms with Crippen molar-refractivity contribution in [3.63, 3.8) is 0 Å². The second-order valence-electron chi connectivity index (χ2n) is 8.26. The summed E-state index contributed by atoms with van der Waals surface area (Å²) >= 11 is 3.26. The predicted molar refractivity (Wildman–Crippen MR) is 130 cm³/mol. The number of sulfone groups is 1. The largest absolute Gasteiger partial charge is 0.416 e. The molecule has 11 heteroatoms. The molecule has 0 atom stereocenters. The Balaban J connectivity index is 2.32. The van der Waals surface area contributed by atoms with Crippen LogP contribution in [0.5, 0.6) is 0 Å². The normalized spacial score (nSPS) is 12.0. The Hall–Kier alpha value is -2.92. The van der Waals surface area contributed by atoms with Crippen LogP contribution in [-0.4, -0.2) is 44.1 Å². The highest BCUT2D eigenvalue weighted by Gasteiger charge is 2.31. The van der Waals surface area contributed by atoms with E-state index in [0.717, 1.165) is 18.4 Å². The summed E-state index contributed by atoms with van der Waals surface area (Å²) in [6.45, 7) is 1.50. The van der Waals surface area contributed by atoms with Gasteiger partial charge in [-0.1, -0.05) is 34.1 Å². The van der Waals surface area contributed by atoms with Gasteiger partial charge < -0.3 is 9.47 Å². The van der Waals surface area contributed by atoms with Gasteiger partial charge in [-0.2, -0.15) is 13.2 Å². The molecule has 3 aromatic rings. The standard InChI is InChI=1S/C24H22BrF3N2O4S/c1-14-21(15-6-5-7-17(10-15)24(26,27)28)22(31)19(23(32)29(2)3)13-30(14)12-16-8-9-18(25)11-20(16)35(4,33)34/h5-11,13H,12H2,1-4H3. The summed E-state index contributed by atoms with van der Waals surface area (Å²) in [5.74, 6) is -0.629. The number of carbonyl (C=O) groups is 1. The third-order valence-corrected chi connectivity index (χ3v) is 7.11. The lowest BCUT2D eigenvalue weighted by atomic mass is 9.98. The van der Waals surface area contributed by atoms with Crippen molar-refractivity contribution in [2.75, 3.05) is 20.4 Å². The molecule has 0 N–H and O–H groups in total. The van der Waals surface area contributed by atoms with Gasteiger partial charge in [0.1, 0.15) is 5.56 Å². The van der Waals surface area contributed by atoms with Crippen molar-refractivity contribution in [3.8, 4) is 11.1 Å². The molecule has 186 valence electrons. The van der Waals surface area contributed by atoms with E-state index in [9.17, 15) is 31.2 Å². The molecule has 1 amide bonds. The molecule has 0 saturated carbocycles. The molecular weight excluding hydrogens is 549 g/mol. The van der Waals surface area contributed by atoms with Crippen LogP contribution in [0.15, 0.2) is 62.8 Å². The molecule has 0 aliphatic carbocycles. The molecule has 0 radical (unpaired) electrons. The van der Waals surface area contributed by atoms with E-state index in [1.54, 1.807) is 19.1 Å². The van der Waals surface area contributed by atoms with E-state index in [1.807, 2.05) is 0 Å². The molecule has 0 unspecified atom stereocenters. The second kappa shape index (κ2) is 9.62. The third kappa shape index (κ3) is 5.67. The van der Waals surface area contributed by atoms with Gasteiger partial charge in [-0.05, 0) is 42.3 Å². The van der Waals surface area contributed by atoms with E-state index in [-0.39, 0.29) is 33.8 Å². The zero-order chi connectivity index (χ0) is 26.3. The summed E-state index contributed by atoms with van der Waals surface area (Å²) < 4.78 is 66.8. The molecule has 2 aromatic carbocycles. The van der Waals surface area contributed by atoms with Crippen LogP contribution in [0.25, 0.3) is 11.1 Å². The molecule has 0 saturated heterocycles. The van der Waals surface area contributed by atoms with E-state index < -0.39 is 32.9 Å². The Labute approximate surface area is 209 Å². The number of pyridine rings is 1. The highest BCUT2D eigenvalue weighted by molar-refractivity contribution is 9.10. The van der Waals surface area contributed by atoms with E-state index in [4.69, 9.17) is 0 Å². The van der Waals surface area contributed by atoms with E-state index in [2.05, 4.69) is 15.9 Å². The molecule has 0 aliphatic rings. The number of rotatable bonds is 5. The lowest BCUT2D eigenvalue weighted by molar-refractivity contribution is -0.137. The Morgan fingerprint density at radius 1 is 1.11 bits per heavy atom. The lowest BCUT2D eigenvalue weighted by Crippen LogP contribution is -2.30. The van der Waals surface area contributed by atoms with Gasteiger partial charge in [0.05, 0.1) is 10.5 Å². The second-order valence-corrected chi connectivity index (χ2v) is 11.2. The highest BCUT2D eigenvalue weighted by Crippen LogP contribution is 2.32. The van der Waals surface area contributed by atoms with E-state index in [0.29, 0.717) is 10.0 Å². The topological polar surface area (TPSA) is 76.5 Å². The minimum absolute atomic E-state index is 0.00336. The summed E-state index contributed by atoms with van der Waals surface area (Å²) in [6, 6.07) is 9.01. The van der Waals surface area contributed by atoms with Gasteiger partial charge in [-0.25, -0.2) is 8.42 Å². The Morgan fingerprint density at radius 3 is 2.34 bits per heavy atom. The molecule has 0 bridgehead atoms. The van der Waals surface area contributed by atoms with Crippen LogP contribution in [0.2, 0.25) is 0 Å². The fourth-order valence-corrected chi connectivity index (χ4v) is 5.15. The van der Waals surface area contributed by atoms with Crippen LogP contribution < -0.4 is 5.43 Å². The van der Waals surface area contributed by atoms with Crippen LogP contribution >= 0.6 is 15.9 Å². The van der Waals surface area contributed by atoms with Crippen LogP contribution in [0.3, 0.4) is 0 Å². The summed E-state index contributed by atoms with van der Waals surface area (Å²) in [7, 11) is -0.725. The average Bonchev–Trinajstić information content (AvgIpc) is 2.75. The van der Waals surface area contributed by atoms with Crippen molar-refractivity contribution in [3.05, 3.63) is 85.7 Å². The SMILES string of the molecule is Cc1c(-c2cccc(C(F)(F)F)c2)c(=O)c(C(=O)N(C)C)cn1Cc1ccc(Br)cc1S(C)(=O)=O. The number of aromatic nitrogens is 1. The lowest BCUT2D eigenvalue weighted by Gasteiger charge is -2.20. The maximum Gasteiger partial charge on any atom is 0.416 e. The summed E-state index contributed by atoms with van der Waals surface area (Å²) in [5, 5.41) is 0. The van der Waals surface area contributed by atoms with Crippen LogP contribution in [-0.2, 0) is 22.6 Å². The number of benzene rings is 2. The first kappa shape index (κ1) is 26.7. The summed E-state index contributed by atoms with van der Waals surface area (Å²) in [4.78, 5) is 27.4. The average molecular weight is 571 g/mol. The molecule has 0 spiro atoms. The first-order valence-corrected chi connectivity index (χ1v) is 12.9. The minimum atomic E-state index is -4.62. The smallest absolute Gasteiger partial charge is 0.346 e. The number of amides is 1. The van der Waals surface area contributed by atoms with Crippen molar-refractivity contribution in [1.29, 1.82) is 0 Å². The number of carbonyl (C=O) groups excluding carboxylic acids is 1. The first-order chi connectivity index (χ1) is 16.1. The predicted octanol–water partition coefficient (Wildman–Crippen LogP) is 4.76. The van der Waals surface area contributed by atoms with Crippen LogP contribution in [0.4, 0.5) is 13.2 Å². The van der Waals surface area contributed by atoms with Gasteiger partial charge in [0, 0.05) is 48.8 Å². The van der Waals surface area contributed by atoms with Crippen molar-refractivity contribution in [2.24, 2.45) is 0 Å². The molecule has 1 heterocycles. The van der Waals surface area contributed by atoms with E-state index >= 15 is 0 Å². The molecule has 0 aliphatic heterocycles. The highest BCUT2D eigenvalue weighted by atomic mass is 79.9. The van der Waals surface area contributed by atoms with Gasteiger partial charge in [-0.15, -0.1) is 0 Å². The van der Waals surface area contributed by atoms with Gasteiger partial charge in [-0.3, -0.25) is 9.59 Å². The van der Waals surface area contributed by atoms with Crippen LogP contribution in [0.1, 0.15) is 27.2 Å². The molecular formula is C24H22BrF3N2O4S. The minimum Gasteiger partial charge on any atom is -0.346 e. The zero-order valence-electron chi connectivity index (χ0n) is 19.3. The number of alkyl halides is 3. The maximum atomic E-state index is 13.3. The fraction of sp³-hybridized carbons (Fsp3) is 0.250. The maximum absolute atomic E-state index is 13.3. The molecule has 3 rings (SSSR count). The monoisotopic (exact) mass is 570 g/mol. The Morgan fingerprint density at radius 2 is 1.77 bits per heavy atom. The number of hydrogen-bond acceptors (Lipinski definition) is 4. The Bertz CT molecular complexity index is 1480. The number of hydrogen-bond donors (Lipinski definition) is 0. The Kier molecular flexibility index (Phi) is 7.33. The van der Waals surface area contributed by atoms with Crippen LogP contribution in [0, 0.1) is 6.92 Å². The molecule has 1 aromatic heterocycles. The van der Waals surface area contributed by atoms with Crippen molar-refractivity contribution in [2.45, 2.75) is 24.5 Å². The van der Waals surface area contributed by atoms with Gasteiger partial charge >= 0.3 is 6.18 Å². The van der Waals surface area contributed by atoms with E-state index in [1.165, 1.54) is 48.0 Å². The quantitative estimate of drug-likeness (QED) is 0.443. The van der Waals surface area contributed by atoms with Crippen molar-refractivity contribution >= 4 is 31.7 Å². The summed E-state index contributed by atoms with van der Waals surface area (Å²) in [6.07, 6.45) is -2.25. The van der Waals surface area contributed by atoms with Crippen molar-refractivity contribution in [1.82, 2.24) is 9.47 Å². The molecule has 0 fully saturated rings. The molecule has 35 heavy (non-hydrogen) atoms. The molecule has 6 nitrogen and oxygen atoms in total. The zero-order valence-corrected chi connectivity index (χ0v) is 21.7. The van der Waals surface area contributed by atoms with Gasteiger partial charge in [0.15, 0.2) is 9.84 Å². The number of halogens is 4. The van der Waals surface area contributed by atoms with Gasteiger partial charge in [0.2, 0.25) is 5.43 Å². The van der Waals surface area contributed by atoms with Crippen molar-refractivity contribution < 1.29 is 26.4 Å². The third-order valence-electron chi connectivity index (χ3n) is 5.43. The fourth-order valence-electron chi connectivity index (χ4n) is 3.69. The van der Waals surface area contributed by atoms with Gasteiger partial charge in [0.25, 0.3) is 5.91 Å². The first-order valence-electron chi connectivity index (χ1n) is 10.2.